The van der Waals surface area contributed by atoms with Gasteiger partial charge in [-0.25, -0.2) is 42.3 Å². The number of amides is 3. The van der Waals surface area contributed by atoms with Crippen molar-refractivity contribution in [3.05, 3.63) is 145 Å². The summed E-state index contributed by atoms with van der Waals surface area (Å²) in [6.45, 7) is 2.01. The van der Waals surface area contributed by atoms with E-state index in [4.69, 9.17) is 33.4 Å². The van der Waals surface area contributed by atoms with Crippen LogP contribution in [0.1, 0.15) is 69.8 Å². The lowest BCUT2D eigenvalue weighted by Gasteiger charge is -2.39. The average molecular weight is 1060 g/mol. The number of ether oxygens (including phenoxy) is 5. The van der Waals surface area contributed by atoms with E-state index in [1.54, 1.807) is 36.4 Å². The van der Waals surface area contributed by atoms with Gasteiger partial charge in [-0.15, -0.1) is 0 Å². The van der Waals surface area contributed by atoms with Crippen LogP contribution in [0.25, 0.3) is 0 Å². The molecule has 0 bridgehead atoms. The smallest absolute Gasteiger partial charge is 0.410 e. The van der Waals surface area contributed by atoms with Crippen molar-refractivity contribution >= 4 is 37.6 Å². The Hall–Kier alpha value is -6.39. The van der Waals surface area contributed by atoms with Gasteiger partial charge < -0.3 is 33.9 Å². The summed E-state index contributed by atoms with van der Waals surface area (Å²) in [6.07, 6.45) is 3.15. The summed E-state index contributed by atoms with van der Waals surface area (Å²) in [5, 5.41) is 3.13. The Morgan fingerprint density at radius 2 is 0.946 bits per heavy atom. The highest BCUT2D eigenvalue weighted by molar-refractivity contribution is 7.94. The third-order valence-electron chi connectivity index (χ3n) is 13.4. The van der Waals surface area contributed by atoms with Gasteiger partial charge in [0.15, 0.2) is 41.7 Å². The molecule has 3 amide bonds. The Morgan fingerprint density at radius 1 is 0.541 bits per heavy atom. The van der Waals surface area contributed by atoms with E-state index in [0.29, 0.717) is 62.1 Å². The first-order valence-electron chi connectivity index (χ1n) is 24.9. The lowest BCUT2D eigenvalue weighted by Crippen LogP contribution is -2.59. The van der Waals surface area contributed by atoms with Crippen molar-refractivity contribution in [2.75, 3.05) is 39.4 Å². The number of benzene rings is 5. The summed E-state index contributed by atoms with van der Waals surface area (Å²) in [5.41, 5.74) is 5.59. The van der Waals surface area contributed by atoms with E-state index in [-0.39, 0.29) is 55.2 Å². The molecule has 3 N–H and O–H groups in total. The second kappa shape index (κ2) is 25.2. The zero-order valence-corrected chi connectivity index (χ0v) is 42.6. The van der Waals surface area contributed by atoms with Crippen molar-refractivity contribution in [2.24, 2.45) is 0 Å². The third-order valence-corrected chi connectivity index (χ3v) is 18.4. The SMILES string of the molecule is O=C(NOC1CCCCO1)C1(S(=O)(=O)c2ccc(Oc3ccccc3)cc2)CCNCC1.O=C(OCc1ccccc1)N1CCC(C(=O)NOC2CCCCO2)(S(=O)(=O)c2ccc(Oc3ccccc3)cc2)CC1. The summed E-state index contributed by atoms with van der Waals surface area (Å²) < 4.78 is 80.1. The fourth-order valence-electron chi connectivity index (χ4n) is 9.03. The Balaban J connectivity index is 0.000000204. The minimum Gasteiger partial charge on any atom is -0.457 e. The van der Waals surface area contributed by atoms with Crippen LogP contribution in [0.3, 0.4) is 0 Å². The van der Waals surface area contributed by atoms with Crippen LogP contribution in [0.4, 0.5) is 4.79 Å². The summed E-state index contributed by atoms with van der Waals surface area (Å²) in [4.78, 5) is 52.0. The Bertz CT molecular complexity index is 2820. The first-order chi connectivity index (χ1) is 35.9. The number of sulfone groups is 2. The number of hydrogen-bond acceptors (Lipinski definition) is 15. The Kier molecular flexibility index (Phi) is 18.4. The molecule has 20 heteroatoms. The van der Waals surface area contributed by atoms with Gasteiger partial charge in [-0.3, -0.25) is 9.59 Å². The van der Waals surface area contributed by atoms with Gasteiger partial charge in [0.25, 0.3) is 11.8 Å². The van der Waals surface area contributed by atoms with Gasteiger partial charge in [-0.1, -0.05) is 66.7 Å². The summed E-state index contributed by atoms with van der Waals surface area (Å²) in [6, 6.07) is 39.7. The van der Waals surface area contributed by atoms with Crippen LogP contribution in [0, 0.1) is 0 Å². The van der Waals surface area contributed by atoms with Gasteiger partial charge in [0.05, 0.1) is 9.79 Å². The van der Waals surface area contributed by atoms with Gasteiger partial charge in [0.2, 0.25) is 0 Å². The molecule has 0 aromatic heterocycles. The van der Waals surface area contributed by atoms with E-state index in [1.807, 2.05) is 78.9 Å². The summed E-state index contributed by atoms with van der Waals surface area (Å²) in [7, 11) is -8.23. The number of hydrogen-bond donors (Lipinski definition) is 3. The van der Waals surface area contributed by atoms with Gasteiger partial charge in [-0.05, 0) is 143 Å². The van der Waals surface area contributed by atoms with Crippen molar-refractivity contribution in [3.63, 3.8) is 0 Å². The maximum Gasteiger partial charge on any atom is 0.410 e. The molecule has 5 aromatic carbocycles. The molecule has 4 aliphatic heterocycles. The van der Waals surface area contributed by atoms with Crippen molar-refractivity contribution < 1.29 is 64.6 Å². The third kappa shape index (κ3) is 13.1. The van der Waals surface area contributed by atoms with Crippen LogP contribution in [0.15, 0.2) is 149 Å². The molecule has 2 unspecified atom stereocenters. The quantitative estimate of drug-likeness (QED) is 0.0798. The second-order valence-electron chi connectivity index (χ2n) is 18.2. The zero-order valence-electron chi connectivity index (χ0n) is 40.9. The number of nitrogens with one attached hydrogen (secondary N) is 3. The van der Waals surface area contributed by atoms with E-state index in [0.717, 1.165) is 31.2 Å². The molecule has 5 aromatic rings. The van der Waals surface area contributed by atoms with Crippen molar-refractivity contribution in [2.45, 2.75) is 103 Å². The zero-order chi connectivity index (χ0) is 51.9. The Morgan fingerprint density at radius 3 is 1.36 bits per heavy atom. The standard InChI is InChI=1S/C31H34N2O8S.C23H28N2O6S/c34-29(32-41-28-13-7-8-22-38-28)31(18-20-33(21-19-31)30(35)39-23-24-9-3-1-4-10-24)42(36,37)27-16-14-26(15-17-27)40-25-11-5-2-6-12-25;26-22(25-31-21-8-4-5-17-29-21)23(13-15-24-16-14-23)32(27,28)20-11-9-19(10-12-20)30-18-6-2-1-3-7-18/h1-6,9-12,14-17,28H,7-8,13,18-23H2,(H,32,34);1-3,6-7,9-12,21,24H,4-5,8,13-17H2,(H,25,26). The number of likely N-dealkylation sites (tertiary alicyclic amines) is 1. The van der Waals surface area contributed by atoms with Gasteiger partial charge in [-0.2, -0.15) is 0 Å². The molecule has 0 aliphatic carbocycles. The van der Waals surface area contributed by atoms with Crippen LogP contribution < -0.4 is 25.8 Å². The van der Waals surface area contributed by atoms with Crippen LogP contribution >= 0.6 is 0 Å². The molecule has 4 saturated heterocycles. The molecule has 4 aliphatic rings. The lowest BCUT2D eigenvalue weighted by molar-refractivity contribution is -0.202. The molecule has 4 fully saturated rings. The number of carbonyl (C=O) groups is 3. The molecule has 0 saturated carbocycles. The molecule has 394 valence electrons. The highest BCUT2D eigenvalue weighted by Crippen LogP contribution is 2.38. The van der Waals surface area contributed by atoms with Crippen molar-refractivity contribution in [1.29, 1.82) is 0 Å². The number of nitrogens with zero attached hydrogens (tertiary/aromatic N) is 1. The van der Waals surface area contributed by atoms with E-state index < -0.39 is 59.7 Å². The minimum absolute atomic E-state index is 0.00933. The highest BCUT2D eigenvalue weighted by atomic mass is 32.2. The predicted octanol–water partition coefficient (Wildman–Crippen LogP) is 7.95. The Labute approximate surface area is 431 Å². The predicted molar refractivity (Wildman–Crippen MR) is 271 cm³/mol. The van der Waals surface area contributed by atoms with Crippen molar-refractivity contribution in [1.82, 2.24) is 21.2 Å². The van der Waals surface area contributed by atoms with E-state index >= 15 is 0 Å². The highest BCUT2D eigenvalue weighted by Gasteiger charge is 2.54. The molecule has 4 heterocycles. The lowest BCUT2D eigenvalue weighted by atomic mass is 9.95. The van der Waals surface area contributed by atoms with Crippen LogP contribution in [0.5, 0.6) is 23.0 Å². The topological polar surface area (TPSA) is 223 Å². The summed E-state index contributed by atoms with van der Waals surface area (Å²) >= 11 is 0. The molecular formula is C54H62N4O14S2. The molecule has 0 radical (unpaired) electrons. The number of rotatable bonds is 16. The van der Waals surface area contributed by atoms with Gasteiger partial charge in [0, 0.05) is 39.1 Å². The summed E-state index contributed by atoms with van der Waals surface area (Å²) in [5.74, 6) is 0.775. The molecule has 9 rings (SSSR count). The molecule has 18 nitrogen and oxygen atoms in total. The first kappa shape index (κ1) is 53.9. The normalized spacial score (nSPS) is 19.6. The number of carbonyl (C=O) groups excluding carboxylic acids is 3. The number of piperidine rings is 2. The van der Waals surface area contributed by atoms with Crippen molar-refractivity contribution in [3.8, 4) is 23.0 Å². The first-order valence-corrected chi connectivity index (χ1v) is 27.8. The van der Waals surface area contributed by atoms with Crippen LogP contribution in [-0.2, 0) is 59.8 Å². The van der Waals surface area contributed by atoms with Gasteiger partial charge in [0.1, 0.15) is 29.6 Å². The maximum absolute atomic E-state index is 14.1. The monoisotopic (exact) mass is 1050 g/mol. The molecule has 74 heavy (non-hydrogen) atoms. The fourth-order valence-corrected chi connectivity index (χ4v) is 13.0. The maximum atomic E-state index is 14.1. The van der Waals surface area contributed by atoms with Crippen LogP contribution in [0.2, 0.25) is 0 Å². The minimum atomic E-state index is -4.24. The molecule has 2 atom stereocenters. The molecule has 0 spiro atoms. The molecular weight excluding hydrogens is 993 g/mol. The van der Waals surface area contributed by atoms with Crippen LogP contribution in [-0.4, -0.2) is 101 Å². The number of hydroxylamine groups is 2. The van der Waals surface area contributed by atoms with E-state index in [9.17, 15) is 31.2 Å². The number of para-hydroxylation sites is 2. The average Bonchev–Trinajstić information content (AvgIpc) is 3.45. The fraction of sp³-hybridized carbons (Fsp3) is 0.389. The largest absolute Gasteiger partial charge is 0.457 e. The van der Waals surface area contributed by atoms with Gasteiger partial charge >= 0.3 is 6.09 Å². The van der Waals surface area contributed by atoms with E-state index in [2.05, 4.69) is 16.3 Å². The second-order valence-corrected chi connectivity index (χ2v) is 22.8. The van der Waals surface area contributed by atoms with E-state index in [1.165, 1.54) is 29.2 Å².